The van der Waals surface area contributed by atoms with Crippen molar-refractivity contribution < 1.29 is 13.5 Å². The van der Waals surface area contributed by atoms with Crippen molar-refractivity contribution in [3.8, 4) is 0 Å². The van der Waals surface area contributed by atoms with Crippen LogP contribution in [0.2, 0.25) is 0 Å². The van der Waals surface area contributed by atoms with Crippen LogP contribution >= 0.6 is 0 Å². The topological polar surface area (TPSA) is 96.5 Å². The molecule has 18 heavy (non-hydrogen) atoms. The van der Waals surface area contributed by atoms with Gasteiger partial charge < -0.3 is 10.8 Å². The van der Waals surface area contributed by atoms with Gasteiger partial charge in [-0.05, 0) is 24.3 Å². The zero-order valence-electron chi connectivity index (χ0n) is 9.26. The number of hydrogen-bond acceptors (Lipinski definition) is 5. The molecule has 7 heteroatoms. The molecule has 1 aliphatic heterocycles. The first-order chi connectivity index (χ1) is 8.51. The molecule has 2 heterocycles. The van der Waals surface area contributed by atoms with E-state index in [1.54, 1.807) is 12.1 Å². The molecule has 0 unspecified atom stereocenters. The molecule has 2 rings (SSSR count). The Morgan fingerprint density at radius 2 is 2.11 bits per heavy atom. The Labute approximate surface area is 104 Å². The second-order valence-electron chi connectivity index (χ2n) is 3.48. The van der Waals surface area contributed by atoms with Crippen LogP contribution in [0.15, 0.2) is 65.4 Å². The molecule has 3 N–H and O–H groups in total. The number of hydrogen-bond donors (Lipinski definition) is 2. The lowest BCUT2D eigenvalue weighted by Gasteiger charge is -2.14. The van der Waals surface area contributed by atoms with Crippen LogP contribution < -0.4 is 5.73 Å². The largest absolute Gasteiger partial charge is 0.504 e. The normalized spacial score (nSPS) is 15.9. The number of aromatic nitrogens is 1. The number of nitrogens with two attached hydrogens (primary N) is 1. The lowest BCUT2D eigenvalue weighted by molar-refractivity contribution is 0.411. The summed E-state index contributed by atoms with van der Waals surface area (Å²) < 4.78 is 25.2. The number of pyridine rings is 1. The van der Waals surface area contributed by atoms with Crippen LogP contribution in [0.25, 0.3) is 0 Å². The highest BCUT2D eigenvalue weighted by Gasteiger charge is 2.22. The molecule has 0 bridgehead atoms. The van der Waals surface area contributed by atoms with Crippen LogP contribution in [0.5, 0.6) is 0 Å². The Morgan fingerprint density at radius 1 is 1.33 bits per heavy atom. The number of sulfonamides is 1. The molecule has 94 valence electrons. The van der Waals surface area contributed by atoms with Crippen molar-refractivity contribution in [1.82, 2.24) is 9.29 Å². The Bertz CT molecular complexity index is 633. The highest BCUT2D eigenvalue weighted by atomic mass is 32.2. The van der Waals surface area contributed by atoms with Crippen molar-refractivity contribution in [2.75, 3.05) is 0 Å². The minimum absolute atomic E-state index is 0.0879. The lowest BCUT2D eigenvalue weighted by Crippen LogP contribution is -2.22. The third kappa shape index (κ3) is 2.21. The predicted molar refractivity (Wildman–Crippen MR) is 65.4 cm³/mol. The van der Waals surface area contributed by atoms with E-state index in [1.807, 2.05) is 0 Å². The van der Waals surface area contributed by atoms with E-state index in [1.165, 1.54) is 30.6 Å². The minimum Gasteiger partial charge on any atom is -0.504 e. The van der Waals surface area contributed by atoms with E-state index in [0.29, 0.717) is 0 Å². The number of aliphatic hydroxyl groups is 1. The van der Waals surface area contributed by atoms with Crippen LogP contribution in [0.3, 0.4) is 0 Å². The lowest BCUT2D eigenvalue weighted by atomic mass is 10.3. The molecular formula is C11H11N3O3S. The smallest absolute Gasteiger partial charge is 0.285 e. The fraction of sp³-hybridized carbons (Fsp3) is 0. The first kappa shape index (κ1) is 12.2. The van der Waals surface area contributed by atoms with Gasteiger partial charge in [0, 0.05) is 12.4 Å². The summed E-state index contributed by atoms with van der Waals surface area (Å²) in [6.07, 6.45) is 6.51. The Morgan fingerprint density at radius 3 is 2.78 bits per heavy atom. The fourth-order valence-corrected chi connectivity index (χ4v) is 2.44. The van der Waals surface area contributed by atoms with Crippen LogP contribution in [-0.2, 0) is 10.0 Å². The molecule has 6 nitrogen and oxygen atoms in total. The number of nitrogens with zero attached hydrogens (tertiary/aromatic N) is 2. The summed E-state index contributed by atoms with van der Waals surface area (Å²) in [4.78, 5) is 3.78. The molecular weight excluding hydrogens is 254 g/mol. The average molecular weight is 265 g/mol. The maximum atomic E-state index is 12.2. The molecule has 1 aliphatic rings. The van der Waals surface area contributed by atoms with E-state index in [0.717, 1.165) is 10.5 Å². The molecule has 0 saturated carbocycles. The quantitative estimate of drug-likeness (QED) is 0.826. The maximum absolute atomic E-state index is 12.2. The number of aliphatic hydroxyl groups excluding tert-OH is 1. The molecule has 0 saturated heterocycles. The summed E-state index contributed by atoms with van der Waals surface area (Å²) in [7, 11) is -3.83. The first-order valence-electron chi connectivity index (χ1n) is 5.01. The second kappa shape index (κ2) is 4.53. The van der Waals surface area contributed by atoms with Crippen molar-refractivity contribution in [3.63, 3.8) is 0 Å². The monoisotopic (exact) mass is 265 g/mol. The zero-order valence-corrected chi connectivity index (χ0v) is 10.1. The molecule has 0 radical (unpaired) electrons. The molecule has 0 spiro atoms. The standard InChI is InChI=1S/C11H11N3O3S/c12-9-4-3-7-14(8-10(9)15)18(16,17)11-5-1-2-6-13-11/h1-8,15H,12H2. The van der Waals surface area contributed by atoms with Gasteiger partial charge in [-0.1, -0.05) is 6.07 Å². The van der Waals surface area contributed by atoms with Crippen molar-refractivity contribution in [2.45, 2.75) is 5.03 Å². The summed E-state index contributed by atoms with van der Waals surface area (Å²) in [5.41, 5.74) is 5.56. The van der Waals surface area contributed by atoms with Crippen molar-refractivity contribution in [2.24, 2.45) is 5.73 Å². The van der Waals surface area contributed by atoms with Gasteiger partial charge in [-0.15, -0.1) is 0 Å². The van der Waals surface area contributed by atoms with Crippen molar-refractivity contribution in [3.05, 3.63) is 60.4 Å². The second-order valence-corrected chi connectivity index (χ2v) is 5.27. The maximum Gasteiger partial charge on any atom is 0.285 e. The van der Waals surface area contributed by atoms with Gasteiger partial charge in [0.25, 0.3) is 10.0 Å². The highest BCUT2D eigenvalue weighted by Crippen LogP contribution is 2.17. The highest BCUT2D eigenvalue weighted by molar-refractivity contribution is 7.89. The van der Waals surface area contributed by atoms with Gasteiger partial charge in [-0.2, -0.15) is 8.42 Å². The van der Waals surface area contributed by atoms with Crippen LogP contribution in [0.1, 0.15) is 0 Å². The third-order valence-electron chi connectivity index (χ3n) is 2.23. The molecule has 0 fully saturated rings. The summed E-state index contributed by atoms with van der Waals surface area (Å²) in [6, 6.07) is 4.55. The van der Waals surface area contributed by atoms with Gasteiger partial charge in [-0.25, -0.2) is 9.29 Å². The van der Waals surface area contributed by atoms with Gasteiger partial charge >= 0.3 is 0 Å². The van der Waals surface area contributed by atoms with E-state index in [9.17, 15) is 13.5 Å². The average Bonchev–Trinajstić information content (AvgIpc) is 2.54. The molecule has 0 amide bonds. The SMILES string of the molecule is NC1=CC=CN(S(=O)(=O)c2ccccn2)C=C1O. The zero-order chi connectivity index (χ0) is 13.2. The Hall–Kier alpha value is -2.28. The van der Waals surface area contributed by atoms with E-state index in [-0.39, 0.29) is 16.5 Å². The molecule has 1 aromatic rings. The Balaban J connectivity index is 2.45. The van der Waals surface area contributed by atoms with Crippen molar-refractivity contribution >= 4 is 10.0 Å². The van der Waals surface area contributed by atoms with E-state index in [4.69, 9.17) is 5.73 Å². The Kier molecular flexibility index (Phi) is 3.07. The van der Waals surface area contributed by atoms with Crippen LogP contribution in [-0.4, -0.2) is 22.8 Å². The third-order valence-corrected chi connectivity index (χ3v) is 3.79. The van der Waals surface area contributed by atoms with Gasteiger partial charge in [0.1, 0.15) is 0 Å². The predicted octanol–water partition coefficient (Wildman–Crippen LogP) is 0.842. The number of allylic oxidation sites excluding steroid dienone is 2. The minimum atomic E-state index is -3.83. The summed E-state index contributed by atoms with van der Waals surface area (Å²) in [6.45, 7) is 0. The van der Waals surface area contributed by atoms with E-state index in [2.05, 4.69) is 4.98 Å². The summed E-state index contributed by atoms with van der Waals surface area (Å²) in [5, 5.41) is 9.43. The summed E-state index contributed by atoms with van der Waals surface area (Å²) >= 11 is 0. The molecule has 1 aromatic heterocycles. The molecule has 0 aliphatic carbocycles. The van der Waals surface area contributed by atoms with Gasteiger partial charge in [-0.3, -0.25) is 0 Å². The molecule has 0 atom stereocenters. The number of rotatable bonds is 2. The molecule has 0 aromatic carbocycles. The first-order valence-corrected chi connectivity index (χ1v) is 6.45. The van der Waals surface area contributed by atoms with Crippen molar-refractivity contribution in [1.29, 1.82) is 0 Å². The van der Waals surface area contributed by atoms with E-state index >= 15 is 0 Å². The van der Waals surface area contributed by atoms with E-state index < -0.39 is 10.0 Å². The summed E-state index contributed by atoms with van der Waals surface area (Å²) in [5.74, 6) is -0.320. The van der Waals surface area contributed by atoms with Crippen LogP contribution in [0.4, 0.5) is 0 Å². The van der Waals surface area contributed by atoms with Gasteiger partial charge in [0.05, 0.1) is 11.9 Å². The van der Waals surface area contributed by atoms with Gasteiger partial charge in [0.2, 0.25) is 0 Å². The van der Waals surface area contributed by atoms with Gasteiger partial charge in [0.15, 0.2) is 10.8 Å². The fourth-order valence-electron chi connectivity index (χ4n) is 1.31. The van der Waals surface area contributed by atoms with Crippen LogP contribution in [0, 0.1) is 0 Å².